The lowest BCUT2D eigenvalue weighted by atomic mass is 10.0. The van der Waals surface area contributed by atoms with Crippen LogP contribution < -0.4 is 14.7 Å². The molecule has 2 aromatic heterocycles. The van der Waals surface area contributed by atoms with Gasteiger partial charge in [-0.3, -0.25) is 4.79 Å². The fourth-order valence-electron chi connectivity index (χ4n) is 5.43. The molecule has 1 amide bonds. The normalized spacial score (nSPS) is 19.9. The van der Waals surface area contributed by atoms with Crippen molar-refractivity contribution in [3.63, 3.8) is 0 Å². The molecule has 0 spiro atoms. The molecule has 208 valence electrons. The number of carbonyl (C=O) groups is 1. The third kappa shape index (κ3) is 4.61. The molecule has 2 aliphatic rings. The number of rotatable bonds is 5. The highest BCUT2D eigenvalue weighted by Crippen LogP contribution is 2.36. The maximum Gasteiger partial charge on any atom is 0.266 e. The van der Waals surface area contributed by atoms with Crippen LogP contribution in [0.4, 0.5) is 26.2 Å². The highest BCUT2D eigenvalue weighted by molar-refractivity contribution is 6.00. The van der Waals surface area contributed by atoms with Crippen LogP contribution in [-0.4, -0.2) is 69.4 Å². The van der Waals surface area contributed by atoms with Gasteiger partial charge in [0.2, 0.25) is 11.8 Å². The largest absolute Gasteiger partial charge is 0.391 e. The number of fused-ring (bicyclic) bond motifs is 1. The summed E-state index contributed by atoms with van der Waals surface area (Å²) in [6, 6.07) is 7.11. The van der Waals surface area contributed by atoms with Crippen LogP contribution in [0.1, 0.15) is 39.0 Å². The molecule has 4 heterocycles. The number of nitrogens with zero attached hydrogens (tertiary/aromatic N) is 7. The Balaban J connectivity index is 1.31. The first kappa shape index (κ1) is 26.1. The zero-order valence-electron chi connectivity index (χ0n) is 22.4. The van der Waals surface area contributed by atoms with Crippen molar-refractivity contribution in [1.82, 2.24) is 20.1 Å². The van der Waals surface area contributed by atoms with E-state index in [4.69, 9.17) is 4.52 Å². The Morgan fingerprint density at radius 3 is 2.60 bits per heavy atom. The van der Waals surface area contributed by atoms with Crippen LogP contribution in [-0.2, 0) is 4.79 Å². The zero-order valence-corrected chi connectivity index (χ0v) is 22.4. The molecule has 4 aromatic rings. The van der Waals surface area contributed by atoms with E-state index in [1.54, 1.807) is 6.07 Å². The highest BCUT2D eigenvalue weighted by Gasteiger charge is 2.32. The maximum atomic E-state index is 15.2. The molecule has 0 aliphatic carbocycles. The lowest BCUT2D eigenvalue weighted by Crippen LogP contribution is -2.52. The molecule has 2 unspecified atom stereocenters. The number of benzene rings is 2. The molecular formula is C28H29F2N7O3. The lowest BCUT2D eigenvalue weighted by Gasteiger charge is -2.39. The molecule has 0 bridgehead atoms. The molecule has 2 fully saturated rings. The Labute approximate surface area is 229 Å². The van der Waals surface area contributed by atoms with E-state index < -0.39 is 17.7 Å². The minimum absolute atomic E-state index is 0.0258. The minimum atomic E-state index is -0.830. The molecule has 12 heteroatoms. The summed E-state index contributed by atoms with van der Waals surface area (Å²) in [5.74, 6) is 0.369. The predicted molar refractivity (Wildman–Crippen MR) is 145 cm³/mol. The number of hydrogen-bond acceptors (Lipinski definition) is 9. The number of aliphatic hydroxyl groups is 1. The van der Waals surface area contributed by atoms with Gasteiger partial charge in [0.1, 0.15) is 23.8 Å². The molecule has 2 atom stereocenters. The van der Waals surface area contributed by atoms with Crippen LogP contribution in [0.3, 0.4) is 0 Å². The number of β-amino-alcohol motifs (C(OH)–C–C–N with tert-alkyl or cyclic N) is 1. The first-order chi connectivity index (χ1) is 19.2. The first-order valence-electron chi connectivity index (χ1n) is 13.3. The fraction of sp³-hybridized carbons (Fsp3) is 0.393. The van der Waals surface area contributed by atoms with E-state index in [2.05, 4.69) is 36.8 Å². The Bertz CT molecular complexity index is 1590. The van der Waals surface area contributed by atoms with E-state index in [0.29, 0.717) is 59.3 Å². The number of halogens is 2. The van der Waals surface area contributed by atoms with Crippen LogP contribution in [0.5, 0.6) is 0 Å². The van der Waals surface area contributed by atoms with Crippen LogP contribution in [0.25, 0.3) is 22.0 Å². The Kier molecular flexibility index (Phi) is 6.57. The van der Waals surface area contributed by atoms with Gasteiger partial charge in [-0.05, 0) is 41.9 Å². The van der Waals surface area contributed by atoms with Crippen LogP contribution in [0.2, 0.25) is 0 Å². The SMILES string of the molecule is CC(C)c1nc(N2CCN(c3ncnc4c(-c5ccc(N6CC(O)CC6=O)c(F)c5)cc(F)cc34)CC2C)no1. The van der Waals surface area contributed by atoms with Gasteiger partial charge in [-0.2, -0.15) is 4.98 Å². The van der Waals surface area contributed by atoms with Gasteiger partial charge in [-0.1, -0.05) is 19.9 Å². The minimum Gasteiger partial charge on any atom is -0.391 e. The number of aliphatic hydroxyl groups excluding tert-OH is 1. The highest BCUT2D eigenvalue weighted by atomic mass is 19.1. The number of piperazine rings is 1. The second-order valence-corrected chi connectivity index (χ2v) is 10.7. The summed E-state index contributed by atoms with van der Waals surface area (Å²) in [6.45, 7) is 7.87. The van der Waals surface area contributed by atoms with Gasteiger partial charge in [-0.25, -0.2) is 18.7 Å². The second-order valence-electron chi connectivity index (χ2n) is 10.7. The van der Waals surface area contributed by atoms with Crippen molar-refractivity contribution >= 4 is 34.3 Å². The smallest absolute Gasteiger partial charge is 0.266 e. The summed E-state index contributed by atoms with van der Waals surface area (Å²) in [5, 5.41) is 14.4. The number of anilines is 3. The Hall–Kier alpha value is -4.19. The summed E-state index contributed by atoms with van der Waals surface area (Å²) in [6.07, 6.45) is 0.554. The van der Waals surface area contributed by atoms with E-state index >= 15 is 4.39 Å². The first-order valence-corrected chi connectivity index (χ1v) is 13.3. The van der Waals surface area contributed by atoms with Gasteiger partial charge < -0.3 is 24.3 Å². The van der Waals surface area contributed by atoms with Crippen LogP contribution >= 0.6 is 0 Å². The Morgan fingerprint density at radius 1 is 1.10 bits per heavy atom. The summed E-state index contributed by atoms with van der Waals surface area (Å²) < 4.78 is 35.6. The Morgan fingerprint density at radius 2 is 1.93 bits per heavy atom. The average Bonchev–Trinajstić information content (AvgIpc) is 3.54. The summed E-state index contributed by atoms with van der Waals surface area (Å²) >= 11 is 0. The quantitative estimate of drug-likeness (QED) is 0.396. The molecule has 2 saturated heterocycles. The van der Waals surface area contributed by atoms with Crippen molar-refractivity contribution in [3.8, 4) is 11.1 Å². The van der Waals surface area contributed by atoms with Crippen molar-refractivity contribution in [2.45, 2.75) is 45.3 Å². The summed E-state index contributed by atoms with van der Waals surface area (Å²) in [5.41, 5.74) is 1.40. The monoisotopic (exact) mass is 549 g/mol. The van der Waals surface area contributed by atoms with Crippen LogP contribution in [0, 0.1) is 11.6 Å². The van der Waals surface area contributed by atoms with Gasteiger partial charge in [0.05, 0.1) is 30.3 Å². The number of hydrogen-bond donors (Lipinski definition) is 1. The standard InChI is InChI=1S/C28H29F2N7O3/c1-15(2)27-33-28(34-40-27)36-7-6-35(12-16(36)3)26-21-10-18(29)9-20(25(21)31-14-32-26)17-4-5-23(22(30)8-17)37-13-19(38)11-24(37)39/h4-5,8-10,14-16,19,38H,6-7,11-13H2,1-3H3. The second kappa shape index (κ2) is 10.1. The van der Waals surface area contributed by atoms with Crippen molar-refractivity contribution in [2.24, 2.45) is 0 Å². The van der Waals surface area contributed by atoms with E-state index in [1.165, 1.54) is 35.5 Å². The van der Waals surface area contributed by atoms with E-state index in [1.807, 2.05) is 13.8 Å². The third-order valence-corrected chi connectivity index (χ3v) is 7.45. The number of amides is 1. The van der Waals surface area contributed by atoms with Gasteiger partial charge in [0.15, 0.2) is 0 Å². The fourth-order valence-corrected chi connectivity index (χ4v) is 5.43. The molecule has 0 radical (unpaired) electrons. The molecular weight excluding hydrogens is 520 g/mol. The van der Waals surface area contributed by atoms with Gasteiger partial charge in [0, 0.05) is 42.5 Å². The van der Waals surface area contributed by atoms with Gasteiger partial charge >= 0.3 is 0 Å². The van der Waals surface area contributed by atoms with Crippen molar-refractivity contribution in [3.05, 3.63) is 54.2 Å². The van der Waals surface area contributed by atoms with Crippen molar-refractivity contribution in [2.75, 3.05) is 40.9 Å². The van der Waals surface area contributed by atoms with Crippen molar-refractivity contribution < 1.29 is 23.2 Å². The molecule has 10 nitrogen and oxygen atoms in total. The zero-order chi connectivity index (χ0) is 28.1. The number of aromatic nitrogens is 4. The molecule has 2 aliphatic heterocycles. The van der Waals surface area contributed by atoms with E-state index in [-0.39, 0.29) is 36.5 Å². The van der Waals surface area contributed by atoms with E-state index in [0.717, 1.165) is 0 Å². The maximum absolute atomic E-state index is 15.2. The lowest BCUT2D eigenvalue weighted by molar-refractivity contribution is -0.117. The molecule has 40 heavy (non-hydrogen) atoms. The number of carbonyl (C=O) groups excluding carboxylic acids is 1. The third-order valence-electron chi connectivity index (χ3n) is 7.45. The van der Waals surface area contributed by atoms with Gasteiger partial charge in [0.25, 0.3) is 5.95 Å². The van der Waals surface area contributed by atoms with Crippen LogP contribution in [0.15, 0.2) is 41.2 Å². The molecule has 1 N–H and O–H groups in total. The molecule has 2 aromatic carbocycles. The average molecular weight is 550 g/mol. The van der Waals surface area contributed by atoms with Crippen molar-refractivity contribution in [1.29, 1.82) is 0 Å². The summed E-state index contributed by atoms with van der Waals surface area (Å²) in [4.78, 5) is 31.0. The molecule has 6 rings (SSSR count). The van der Waals surface area contributed by atoms with E-state index in [9.17, 15) is 14.3 Å². The topological polar surface area (TPSA) is 112 Å². The summed E-state index contributed by atoms with van der Waals surface area (Å²) in [7, 11) is 0. The van der Waals surface area contributed by atoms with Gasteiger partial charge in [-0.15, -0.1) is 0 Å². The molecule has 0 saturated carbocycles. The predicted octanol–water partition coefficient (Wildman–Crippen LogP) is 3.89.